The molecule has 1 heterocycles. The zero-order valence-electron chi connectivity index (χ0n) is 14.4. The number of rotatable bonds is 6. The molecule has 0 aromatic heterocycles. The van der Waals surface area contributed by atoms with Gasteiger partial charge in [-0.15, -0.1) is 0 Å². The number of carbonyl (C=O) groups is 2. The fourth-order valence-corrected chi connectivity index (χ4v) is 2.80. The molecule has 0 bridgehead atoms. The molecule has 6 nitrogen and oxygen atoms in total. The third-order valence-corrected chi connectivity index (χ3v) is 4.19. The molecule has 2 aromatic carbocycles. The summed E-state index contributed by atoms with van der Waals surface area (Å²) < 4.78 is 18.2. The van der Waals surface area contributed by atoms with Crippen LogP contribution in [0.25, 0.3) is 0 Å². The van der Waals surface area contributed by atoms with Crippen LogP contribution in [-0.4, -0.2) is 43.6 Å². The largest absolute Gasteiger partial charge is 0.497 e. The molecule has 3 rings (SSSR count). The number of methoxy groups -OCH3 is 1. The lowest BCUT2D eigenvalue weighted by Gasteiger charge is -2.18. The Morgan fingerprint density at radius 2 is 1.96 bits per heavy atom. The fraction of sp³-hybridized carbons (Fsp3) is 0.263. The Labute approximate surface area is 151 Å². The molecule has 1 aliphatic heterocycles. The van der Waals surface area contributed by atoms with Crippen LogP contribution >= 0.6 is 0 Å². The summed E-state index contributed by atoms with van der Waals surface area (Å²) in [5, 5.41) is 2.80. The molecule has 2 aromatic rings. The first-order valence-corrected chi connectivity index (χ1v) is 8.28. The minimum absolute atomic E-state index is 0.0134. The molecule has 136 valence electrons. The summed E-state index contributed by atoms with van der Waals surface area (Å²) in [6, 6.07) is 12.9. The van der Waals surface area contributed by atoms with Crippen molar-refractivity contribution in [3.05, 3.63) is 59.9 Å². The second kappa shape index (κ2) is 7.86. The summed E-state index contributed by atoms with van der Waals surface area (Å²) in [5.41, 5.74) is 1.54. The lowest BCUT2D eigenvalue weighted by atomic mass is 10.2. The Bertz CT molecular complexity index is 795. The van der Waals surface area contributed by atoms with Crippen LogP contribution in [0.3, 0.4) is 0 Å². The number of urea groups is 1. The monoisotopic (exact) mass is 357 g/mol. The average Bonchev–Trinajstić information content (AvgIpc) is 3.01. The van der Waals surface area contributed by atoms with Crippen molar-refractivity contribution in [2.24, 2.45) is 0 Å². The highest BCUT2D eigenvalue weighted by atomic mass is 19.1. The Kier molecular flexibility index (Phi) is 5.36. The van der Waals surface area contributed by atoms with Gasteiger partial charge in [0.15, 0.2) is 0 Å². The molecule has 0 aliphatic carbocycles. The molecule has 0 radical (unpaired) electrons. The average molecular weight is 357 g/mol. The van der Waals surface area contributed by atoms with Crippen molar-refractivity contribution in [3.8, 4) is 5.75 Å². The Morgan fingerprint density at radius 1 is 1.19 bits per heavy atom. The van der Waals surface area contributed by atoms with Crippen LogP contribution < -0.4 is 15.0 Å². The lowest BCUT2D eigenvalue weighted by Crippen LogP contribution is -2.39. The lowest BCUT2D eigenvalue weighted by molar-refractivity contribution is -0.121. The van der Waals surface area contributed by atoms with Crippen LogP contribution in [0.15, 0.2) is 48.5 Å². The van der Waals surface area contributed by atoms with Gasteiger partial charge in [0.25, 0.3) is 0 Å². The van der Waals surface area contributed by atoms with Gasteiger partial charge in [0.1, 0.15) is 18.1 Å². The van der Waals surface area contributed by atoms with Gasteiger partial charge in [0, 0.05) is 25.3 Å². The van der Waals surface area contributed by atoms with E-state index in [-0.39, 0.29) is 24.3 Å². The summed E-state index contributed by atoms with van der Waals surface area (Å²) in [7, 11) is 1.59. The van der Waals surface area contributed by atoms with Crippen molar-refractivity contribution in [2.75, 3.05) is 31.6 Å². The van der Waals surface area contributed by atoms with E-state index in [1.807, 2.05) is 24.3 Å². The van der Waals surface area contributed by atoms with Crippen molar-refractivity contribution in [3.63, 3.8) is 0 Å². The number of halogens is 1. The number of ether oxygens (including phenoxy) is 1. The third-order valence-electron chi connectivity index (χ3n) is 4.19. The van der Waals surface area contributed by atoms with Gasteiger partial charge >= 0.3 is 6.03 Å². The molecular formula is C19H20FN3O3. The zero-order chi connectivity index (χ0) is 18.5. The highest BCUT2D eigenvalue weighted by molar-refractivity contribution is 5.96. The number of anilines is 1. The first-order chi connectivity index (χ1) is 12.6. The van der Waals surface area contributed by atoms with Crippen LogP contribution in [0.1, 0.15) is 5.56 Å². The standard InChI is InChI=1S/C19H20FN3O3/c1-26-17-4-2-3-14(11-17)12-21-18(24)13-22-9-10-23(19(22)25)16-7-5-15(20)6-8-16/h2-8,11H,9-10,12-13H2,1H3,(H,21,24). The predicted molar refractivity (Wildman–Crippen MR) is 95.6 cm³/mol. The van der Waals surface area contributed by atoms with Crippen molar-refractivity contribution < 1.29 is 18.7 Å². The summed E-state index contributed by atoms with van der Waals surface area (Å²) in [6.07, 6.45) is 0. The first kappa shape index (κ1) is 17.7. The van der Waals surface area contributed by atoms with E-state index in [2.05, 4.69) is 5.32 Å². The minimum atomic E-state index is -0.353. The van der Waals surface area contributed by atoms with Crippen molar-refractivity contribution in [1.82, 2.24) is 10.2 Å². The Balaban J connectivity index is 1.53. The van der Waals surface area contributed by atoms with Gasteiger partial charge in [-0.25, -0.2) is 9.18 Å². The molecule has 0 atom stereocenters. The maximum atomic E-state index is 13.0. The van der Waals surface area contributed by atoms with Crippen molar-refractivity contribution >= 4 is 17.6 Å². The van der Waals surface area contributed by atoms with E-state index in [1.165, 1.54) is 21.9 Å². The van der Waals surface area contributed by atoms with Gasteiger partial charge in [0.05, 0.1) is 7.11 Å². The molecule has 0 spiro atoms. The zero-order valence-corrected chi connectivity index (χ0v) is 14.4. The number of benzene rings is 2. The molecule has 7 heteroatoms. The Hall–Kier alpha value is -3.09. The van der Waals surface area contributed by atoms with Gasteiger partial charge in [-0.05, 0) is 42.0 Å². The molecule has 3 amide bonds. The van der Waals surface area contributed by atoms with E-state index in [1.54, 1.807) is 19.2 Å². The molecule has 0 saturated carbocycles. The number of nitrogens with one attached hydrogen (secondary N) is 1. The quantitative estimate of drug-likeness (QED) is 0.864. The van der Waals surface area contributed by atoms with Gasteiger partial charge in [-0.2, -0.15) is 0 Å². The molecule has 1 fully saturated rings. The maximum absolute atomic E-state index is 13.0. The number of nitrogens with zero attached hydrogens (tertiary/aromatic N) is 2. The van der Waals surface area contributed by atoms with E-state index in [0.717, 1.165) is 11.3 Å². The number of hydrogen-bond acceptors (Lipinski definition) is 3. The van der Waals surface area contributed by atoms with Gasteiger partial charge < -0.3 is 15.0 Å². The Morgan fingerprint density at radius 3 is 2.69 bits per heavy atom. The molecule has 26 heavy (non-hydrogen) atoms. The number of carbonyl (C=O) groups excluding carboxylic acids is 2. The van der Waals surface area contributed by atoms with Gasteiger partial charge in [-0.1, -0.05) is 12.1 Å². The molecule has 1 aliphatic rings. The molecule has 1 saturated heterocycles. The van der Waals surface area contributed by atoms with Crippen LogP contribution in [0.2, 0.25) is 0 Å². The topological polar surface area (TPSA) is 61.9 Å². The summed E-state index contributed by atoms with van der Waals surface area (Å²) in [6.45, 7) is 1.26. The SMILES string of the molecule is COc1cccc(CNC(=O)CN2CCN(c3ccc(F)cc3)C2=O)c1. The van der Waals surface area contributed by atoms with Crippen molar-refractivity contribution in [2.45, 2.75) is 6.54 Å². The smallest absolute Gasteiger partial charge is 0.325 e. The van der Waals surface area contributed by atoms with E-state index in [9.17, 15) is 14.0 Å². The van der Waals surface area contributed by atoms with Crippen molar-refractivity contribution in [1.29, 1.82) is 0 Å². The fourth-order valence-electron chi connectivity index (χ4n) is 2.80. The van der Waals surface area contributed by atoms with E-state index < -0.39 is 0 Å². The third kappa shape index (κ3) is 4.11. The van der Waals surface area contributed by atoms with Crippen LogP contribution in [0, 0.1) is 5.82 Å². The normalized spacial score (nSPS) is 13.8. The van der Waals surface area contributed by atoms with Crippen LogP contribution in [-0.2, 0) is 11.3 Å². The van der Waals surface area contributed by atoms with Crippen LogP contribution in [0.5, 0.6) is 5.75 Å². The number of amides is 3. The predicted octanol–water partition coefficient (Wildman–Crippen LogP) is 2.39. The van der Waals surface area contributed by atoms with E-state index in [4.69, 9.17) is 4.74 Å². The highest BCUT2D eigenvalue weighted by Crippen LogP contribution is 2.20. The summed E-state index contributed by atoms with van der Waals surface area (Å²) in [5.74, 6) is 0.137. The molecule has 0 unspecified atom stereocenters. The van der Waals surface area contributed by atoms with Gasteiger partial charge in [-0.3, -0.25) is 9.69 Å². The van der Waals surface area contributed by atoms with E-state index >= 15 is 0 Å². The van der Waals surface area contributed by atoms with Crippen LogP contribution in [0.4, 0.5) is 14.9 Å². The maximum Gasteiger partial charge on any atom is 0.325 e. The second-order valence-corrected chi connectivity index (χ2v) is 5.96. The van der Waals surface area contributed by atoms with E-state index in [0.29, 0.717) is 25.3 Å². The summed E-state index contributed by atoms with van der Waals surface area (Å²) >= 11 is 0. The highest BCUT2D eigenvalue weighted by Gasteiger charge is 2.30. The molecule has 1 N–H and O–H groups in total. The van der Waals surface area contributed by atoms with Gasteiger partial charge in [0.2, 0.25) is 5.91 Å². The summed E-state index contributed by atoms with van der Waals surface area (Å²) in [4.78, 5) is 27.6. The molecular weight excluding hydrogens is 337 g/mol. The first-order valence-electron chi connectivity index (χ1n) is 8.28. The second-order valence-electron chi connectivity index (χ2n) is 5.96. The minimum Gasteiger partial charge on any atom is -0.497 e. The number of hydrogen-bond donors (Lipinski definition) is 1.